The summed E-state index contributed by atoms with van der Waals surface area (Å²) in [4.78, 5) is 17.2. The smallest absolute Gasteiger partial charge is 0.318 e. The summed E-state index contributed by atoms with van der Waals surface area (Å²) in [5, 5.41) is 0. The Bertz CT molecular complexity index is 247. The lowest BCUT2D eigenvalue weighted by molar-refractivity contribution is 0.216. The second-order valence-corrected chi connectivity index (χ2v) is 3.97. The van der Waals surface area contributed by atoms with E-state index in [1.165, 1.54) is 25.7 Å². The van der Waals surface area contributed by atoms with Gasteiger partial charge in [-0.2, -0.15) is 0 Å². The molecule has 2 amide bonds. The maximum atomic E-state index is 11.3. The predicted octanol–water partition coefficient (Wildman–Crippen LogP) is 2.22. The minimum atomic E-state index is -0.0399. The van der Waals surface area contributed by atoms with E-state index in [1.807, 2.05) is 7.05 Å². The fourth-order valence-electron chi connectivity index (χ4n) is 2.21. The lowest BCUT2D eigenvalue weighted by atomic mass is 9.95. The third-order valence-corrected chi connectivity index (χ3v) is 3.05. The molecule has 0 bridgehead atoms. The van der Waals surface area contributed by atoms with E-state index in [4.69, 9.17) is 0 Å². The number of fused-ring (bicyclic) bond motifs is 1. The van der Waals surface area contributed by atoms with Crippen molar-refractivity contribution >= 4 is 11.7 Å². The first-order valence-corrected chi connectivity index (χ1v) is 5.13. The van der Waals surface area contributed by atoms with Crippen molar-refractivity contribution in [2.75, 3.05) is 7.05 Å². The van der Waals surface area contributed by atoms with E-state index in [2.05, 4.69) is 4.99 Å². The summed E-state index contributed by atoms with van der Waals surface area (Å²) in [6.07, 6.45) is 7.19. The number of urea groups is 1. The third kappa shape index (κ3) is 1.60. The number of carbonyl (C=O) groups excluding carboxylic acids is 1. The number of hydrogen-bond donors (Lipinski definition) is 0. The topological polar surface area (TPSA) is 32.7 Å². The number of hydrogen-bond acceptors (Lipinski definition) is 1. The zero-order valence-corrected chi connectivity index (χ0v) is 8.12. The molecular weight excluding hydrogens is 164 g/mol. The van der Waals surface area contributed by atoms with Crippen LogP contribution in [-0.4, -0.2) is 29.7 Å². The summed E-state index contributed by atoms with van der Waals surface area (Å²) in [6.45, 7) is 0. The van der Waals surface area contributed by atoms with Crippen LogP contribution in [0.2, 0.25) is 0 Å². The van der Waals surface area contributed by atoms with Crippen molar-refractivity contribution in [1.29, 1.82) is 0 Å². The van der Waals surface area contributed by atoms with Gasteiger partial charge in [-0.05, 0) is 19.3 Å². The number of nitrogens with zero attached hydrogens (tertiary/aromatic N) is 2. The first-order valence-electron chi connectivity index (χ1n) is 5.13. The van der Waals surface area contributed by atoms with Crippen LogP contribution in [0.1, 0.15) is 38.5 Å². The first kappa shape index (κ1) is 8.73. The van der Waals surface area contributed by atoms with Crippen LogP contribution in [0.15, 0.2) is 4.99 Å². The van der Waals surface area contributed by atoms with Gasteiger partial charge in [0.1, 0.15) is 0 Å². The monoisotopic (exact) mass is 180 g/mol. The second kappa shape index (κ2) is 3.48. The number of rotatable bonds is 0. The Labute approximate surface area is 78.8 Å². The Hall–Kier alpha value is -0.860. The van der Waals surface area contributed by atoms with Crippen LogP contribution in [0, 0.1) is 0 Å². The van der Waals surface area contributed by atoms with Crippen molar-refractivity contribution in [3.05, 3.63) is 0 Å². The van der Waals surface area contributed by atoms with Gasteiger partial charge in [0.2, 0.25) is 0 Å². The van der Waals surface area contributed by atoms with Gasteiger partial charge in [0.25, 0.3) is 0 Å². The van der Waals surface area contributed by atoms with Crippen molar-refractivity contribution in [3.8, 4) is 0 Å². The molecule has 0 aromatic heterocycles. The summed E-state index contributed by atoms with van der Waals surface area (Å²) in [5.41, 5.74) is 1.13. The van der Waals surface area contributed by atoms with Gasteiger partial charge in [0.05, 0.1) is 6.04 Å². The molecule has 1 atom stereocenters. The van der Waals surface area contributed by atoms with E-state index < -0.39 is 0 Å². The maximum absolute atomic E-state index is 11.3. The molecule has 1 fully saturated rings. The van der Waals surface area contributed by atoms with Crippen LogP contribution in [0.5, 0.6) is 0 Å². The van der Waals surface area contributed by atoms with E-state index in [-0.39, 0.29) is 6.03 Å². The van der Waals surface area contributed by atoms with Crippen LogP contribution in [0.3, 0.4) is 0 Å². The molecule has 13 heavy (non-hydrogen) atoms. The predicted molar refractivity (Wildman–Crippen MR) is 52.1 cm³/mol. The zero-order chi connectivity index (χ0) is 9.26. The molecule has 1 heterocycles. The molecule has 3 heteroatoms. The molecule has 0 N–H and O–H groups in total. The molecule has 2 rings (SSSR count). The molecule has 1 unspecified atom stereocenters. The molecule has 1 aliphatic heterocycles. The standard InChI is InChI=1S/C10H16N2O/c1-12-9-7-5-3-2-4-6-8(9)11-10(12)13/h9H,2-7H2,1H3. The highest BCUT2D eigenvalue weighted by molar-refractivity contribution is 6.04. The molecule has 0 radical (unpaired) electrons. The van der Waals surface area contributed by atoms with E-state index in [1.54, 1.807) is 4.90 Å². The van der Waals surface area contributed by atoms with Crippen LogP contribution in [0.4, 0.5) is 4.79 Å². The SMILES string of the molecule is CN1C(=O)N=C2CCCCCCC21. The minimum absolute atomic E-state index is 0.0399. The molecule has 0 aromatic carbocycles. The van der Waals surface area contributed by atoms with Gasteiger partial charge in [0, 0.05) is 12.8 Å². The minimum Gasteiger partial charge on any atom is -0.318 e. The van der Waals surface area contributed by atoms with Gasteiger partial charge in [-0.1, -0.05) is 19.3 Å². The molecule has 0 spiro atoms. The molecule has 2 aliphatic rings. The average Bonchev–Trinajstić information content (AvgIpc) is 2.31. The highest BCUT2D eigenvalue weighted by Crippen LogP contribution is 2.23. The van der Waals surface area contributed by atoms with Gasteiger partial charge >= 0.3 is 6.03 Å². The molecule has 0 saturated heterocycles. The number of aliphatic imine (C=N–C) groups is 1. The molecule has 72 valence electrons. The molecule has 3 nitrogen and oxygen atoms in total. The lowest BCUT2D eigenvalue weighted by Gasteiger charge is -2.22. The van der Waals surface area contributed by atoms with E-state index in [0.29, 0.717) is 6.04 Å². The van der Waals surface area contributed by atoms with E-state index in [9.17, 15) is 4.79 Å². The third-order valence-electron chi connectivity index (χ3n) is 3.05. The average molecular weight is 180 g/mol. The Morgan fingerprint density at radius 3 is 2.92 bits per heavy atom. The zero-order valence-electron chi connectivity index (χ0n) is 8.12. The van der Waals surface area contributed by atoms with Crippen LogP contribution < -0.4 is 0 Å². The van der Waals surface area contributed by atoms with Crippen LogP contribution in [0.25, 0.3) is 0 Å². The number of carbonyl (C=O) groups is 1. The van der Waals surface area contributed by atoms with Crippen molar-refractivity contribution in [1.82, 2.24) is 4.90 Å². The van der Waals surface area contributed by atoms with Crippen molar-refractivity contribution in [2.24, 2.45) is 4.99 Å². The first-order chi connectivity index (χ1) is 6.29. The van der Waals surface area contributed by atoms with Crippen molar-refractivity contribution in [3.63, 3.8) is 0 Å². The highest BCUT2D eigenvalue weighted by Gasteiger charge is 2.31. The normalized spacial score (nSPS) is 29.3. The van der Waals surface area contributed by atoms with Gasteiger partial charge < -0.3 is 4.90 Å². The summed E-state index contributed by atoms with van der Waals surface area (Å²) in [5.74, 6) is 0. The lowest BCUT2D eigenvalue weighted by Crippen LogP contribution is -2.34. The highest BCUT2D eigenvalue weighted by atomic mass is 16.2. The Kier molecular flexibility index (Phi) is 2.34. The van der Waals surface area contributed by atoms with Gasteiger partial charge in [-0.25, -0.2) is 9.79 Å². The Morgan fingerprint density at radius 2 is 2.08 bits per heavy atom. The van der Waals surface area contributed by atoms with Crippen molar-refractivity contribution < 1.29 is 4.79 Å². The summed E-state index contributed by atoms with van der Waals surface area (Å²) in [6, 6.07) is 0.287. The quantitative estimate of drug-likeness (QED) is 0.562. The summed E-state index contributed by atoms with van der Waals surface area (Å²) < 4.78 is 0. The largest absolute Gasteiger partial charge is 0.343 e. The fraction of sp³-hybridized carbons (Fsp3) is 0.800. The Morgan fingerprint density at radius 1 is 1.31 bits per heavy atom. The van der Waals surface area contributed by atoms with E-state index >= 15 is 0 Å². The maximum Gasteiger partial charge on any atom is 0.343 e. The van der Waals surface area contributed by atoms with Gasteiger partial charge in [-0.15, -0.1) is 0 Å². The molecule has 0 aromatic rings. The fourth-order valence-corrected chi connectivity index (χ4v) is 2.21. The summed E-state index contributed by atoms with van der Waals surface area (Å²) in [7, 11) is 1.87. The second-order valence-electron chi connectivity index (χ2n) is 3.97. The molecule has 1 saturated carbocycles. The summed E-state index contributed by atoms with van der Waals surface area (Å²) >= 11 is 0. The Balaban J connectivity index is 2.12. The van der Waals surface area contributed by atoms with Gasteiger partial charge in [-0.3, -0.25) is 0 Å². The number of amides is 2. The molecule has 1 aliphatic carbocycles. The van der Waals surface area contributed by atoms with Crippen LogP contribution >= 0.6 is 0 Å². The van der Waals surface area contributed by atoms with Crippen LogP contribution in [-0.2, 0) is 0 Å². The van der Waals surface area contributed by atoms with E-state index in [0.717, 1.165) is 18.6 Å². The van der Waals surface area contributed by atoms with Gasteiger partial charge in [0.15, 0.2) is 0 Å². The molecular formula is C10H16N2O. The van der Waals surface area contributed by atoms with Crippen molar-refractivity contribution in [2.45, 2.75) is 44.6 Å².